The fourth-order valence-electron chi connectivity index (χ4n) is 2.91. The molecule has 0 amide bonds. The molecule has 0 N–H and O–H groups in total. The Morgan fingerprint density at radius 3 is 2.52 bits per heavy atom. The Morgan fingerprint density at radius 1 is 1.22 bits per heavy atom. The Bertz CT molecular complexity index is 644. The van der Waals surface area contributed by atoms with Crippen molar-refractivity contribution in [3.63, 3.8) is 0 Å². The minimum absolute atomic E-state index is 0.0744. The molecule has 0 bridgehead atoms. The van der Waals surface area contributed by atoms with E-state index in [4.69, 9.17) is 14.2 Å². The highest BCUT2D eigenvalue weighted by atomic mass is 32.2. The highest BCUT2D eigenvalue weighted by Crippen LogP contribution is 2.40. The molecule has 0 aliphatic carbocycles. The van der Waals surface area contributed by atoms with E-state index in [0.29, 0.717) is 29.5 Å². The average Bonchev–Trinajstić information content (AvgIpc) is 2.79. The van der Waals surface area contributed by atoms with Gasteiger partial charge in [0, 0.05) is 10.5 Å². The highest BCUT2D eigenvalue weighted by Gasteiger charge is 2.45. The SMILES string of the molecule is CC1SC(C)C2OC(COc3ccc(S(=O)(=O)[O-])cc3)COC12. The van der Waals surface area contributed by atoms with Gasteiger partial charge in [0.25, 0.3) is 0 Å². The average molecular weight is 359 g/mol. The summed E-state index contributed by atoms with van der Waals surface area (Å²) in [4.78, 5) is -0.268. The van der Waals surface area contributed by atoms with Crippen LogP contribution in [0.4, 0.5) is 0 Å². The number of fused-ring (bicyclic) bond motifs is 1. The summed E-state index contributed by atoms with van der Waals surface area (Å²) >= 11 is 1.87. The maximum absolute atomic E-state index is 10.9. The largest absolute Gasteiger partial charge is 0.744 e. The molecule has 1 aromatic carbocycles. The number of benzene rings is 1. The first-order valence-electron chi connectivity index (χ1n) is 7.46. The lowest BCUT2D eigenvalue weighted by Crippen LogP contribution is -2.48. The van der Waals surface area contributed by atoms with E-state index in [1.807, 2.05) is 11.8 Å². The number of hydrogen-bond acceptors (Lipinski definition) is 7. The van der Waals surface area contributed by atoms with Crippen molar-refractivity contribution in [1.82, 2.24) is 0 Å². The van der Waals surface area contributed by atoms with Crippen LogP contribution in [-0.4, -0.2) is 55.0 Å². The van der Waals surface area contributed by atoms with E-state index in [0.717, 1.165) is 0 Å². The lowest BCUT2D eigenvalue weighted by molar-refractivity contribution is -0.179. The van der Waals surface area contributed by atoms with E-state index in [1.54, 1.807) is 0 Å². The molecular weight excluding hydrogens is 340 g/mol. The molecule has 0 radical (unpaired) electrons. The fraction of sp³-hybridized carbons (Fsp3) is 0.600. The quantitative estimate of drug-likeness (QED) is 0.756. The monoisotopic (exact) mass is 359 g/mol. The summed E-state index contributed by atoms with van der Waals surface area (Å²) in [5.74, 6) is 0.491. The van der Waals surface area contributed by atoms with Crippen molar-refractivity contribution >= 4 is 21.9 Å². The van der Waals surface area contributed by atoms with E-state index in [2.05, 4.69) is 13.8 Å². The third-order valence-electron chi connectivity index (χ3n) is 4.05. The van der Waals surface area contributed by atoms with Crippen LogP contribution in [-0.2, 0) is 19.6 Å². The number of thioether (sulfide) groups is 1. The third-order valence-corrected chi connectivity index (χ3v) is 6.30. The maximum atomic E-state index is 10.9. The van der Waals surface area contributed by atoms with Crippen LogP contribution in [0.15, 0.2) is 29.2 Å². The summed E-state index contributed by atoms with van der Waals surface area (Å²) in [7, 11) is -4.43. The first-order valence-corrected chi connectivity index (χ1v) is 9.81. The van der Waals surface area contributed by atoms with Gasteiger partial charge in [-0.25, -0.2) is 8.42 Å². The Hall–Kier alpha value is -0.800. The Balaban J connectivity index is 1.55. The van der Waals surface area contributed by atoms with Crippen LogP contribution in [0.25, 0.3) is 0 Å². The highest BCUT2D eigenvalue weighted by molar-refractivity contribution is 8.00. The number of hydrogen-bond donors (Lipinski definition) is 0. The Kier molecular flexibility index (Phi) is 4.89. The molecule has 128 valence electrons. The van der Waals surface area contributed by atoms with Crippen molar-refractivity contribution in [2.75, 3.05) is 13.2 Å². The smallest absolute Gasteiger partial charge is 0.124 e. The van der Waals surface area contributed by atoms with Gasteiger partial charge in [0.2, 0.25) is 0 Å². The molecule has 2 aliphatic heterocycles. The second-order valence-corrected chi connectivity index (χ2v) is 8.94. The van der Waals surface area contributed by atoms with E-state index in [9.17, 15) is 13.0 Å². The normalized spacial score (nSPS) is 34.1. The van der Waals surface area contributed by atoms with Crippen molar-refractivity contribution in [2.45, 2.75) is 47.6 Å². The molecule has 2 aliphatic rings. The Morgan fingerprint density at radius 2 is 1.87 bits per heavy atom. The molecule has 2 fully saturated rings. The molecule has 6 nitrogen and oxygen atoms in total. The summed E-state index contributed by atoms with van der Waals surface area (Å²) < 4.78 is 50.2. The van der Waals surface area contributed by atoms with Gasteiger partial charge in [0.15, 0.2) is 0 Å². The lowest BCUT2D eigenvalue weighted by atomic mass is 10.1. The zero-order chi connectivity index (χ0) is 16.6. The van der Waals surface area contributed by atoms with Gasteiger partial charge in [0.05, 0.1) is 23.7 Å². The predicted octanol–water partition coefficient (Wildman–Crippen LogP) is 1.65. The molecule has 1 aromatic rings. The van der Waals surface area contributed by atoms with E-state index >= 15 is 0 Å². The van der Waals surface area contributed by atoms with Crippen LogP contribution < -0.4 is 4.74 Å². The van der Waals surface area contributed by atoms with E-state index < -0.39 is 10.1 Å². The van der Waals surface area contributed by atoms with Crippen molar-refractivity contribution in [3.8, 4) is 5.75 Å². The molecule has 0 aromatic heterocycles. The standard InChI is InChI=1S/C15H20O6S2/c1-9-14-15(10(2)22-9)21-12(8-20-14)7-19-11-3-5-13(6-4-11)23(16,17)18/h3-6,9-10,12,14-15H,7-8H2,1-2H3,(H,16,17,18)/p-1. The van der Waals surface area contributed by atoms with Gasteiger partial charge in [-0.15, -0.1) is 0 Å². The second-order valence-electron chi connectivity index (χ2n) is 5.80. The number of rotatable bonds is 4. The number of ether oxygens (including phenoxy) is 3. The molecule has 0 spiro atoms. The van der Waals surface area contributed by atoms with Crippen LogP contribution in [0.1, 0.15) is 13.8 Å². The van der Waals surface area contributed by atoms with Crippen molar-refractivity contribution in [1.29, 1.82) is 0 Å². The topological polar surface area (TPSA) is 84.9 Å². The zero-order valence-corrected chi connectivity index (χ0v) is 14.5. The molecule has 3 rings (SSSR count). The van der Waals surface area contributed by atoms with Crippen LogP contribution >= 0.6 is 11.8 Å². The molecule has 5 atom stereocenters. The summed E-state index contributed by atoms with van der Waals surface area (Å²) in [5, 5.41) is 0.817. The molecule has 0 saturated carbocycles. The maximum Gasteiger partial charge on any atom is 0.124 e. The molecule has 8 heteroatoms. The summed E-state index contributed by atoms with van der Waals surface area (Å²) in [5.41, 5.74) is 0. The summed E-state index contributed by atoms with van der Waals surface area (Å²) in [6, 6.07) is 5.41. The van der Waals surface area contributed by atoms with Crippen LogP contribution in [0.3, 0.4) is 0 Å². The van der Waals surface area contributed by atoms with Gasteiger partial charge in [-0.3, -0.25) is 0 Å². The molecular formula is C15H19O6S2-. The zero-order valence-electron chi connectivity index (χ0n) is 12.9. The van der Waals surface area contributed by atoms with Gasteiger partial charge >= 0.3 is 0 Å². The van der Waals surface area contributed by atoms with Gasteiger partial charge < -0.3 is 18.8 Å². The van der Waals surface area contributed by atoms with Crippen molar-refractivity contribution in [3.05, 3.63) is 24.3 Å². The first kappa shape index (κ1) is 17.0. The minimum Gasteiger partial charge on any atom is -0.744 e. The minimum atomic E-state index is -4.43. The summed E-state index contributed by atoms with van der Waals surface area (Å²) in [6.45, 7) is 5.09. The molecule has 5 unspecified atom stereocenters. The van der Waals surface area contributed by atoms with Gasteiger partial charge in [-0.1, -0.05) is 13.8 Å². The fourth-order valence-corrected chi connectivity index (χ4v) is 4.81. The van der Waals surface area contributed by atoms with E-state index in [1.165, 1.54) is 24.3 Å². The Labute approximate surface area is 140 Å². The van der Waals surface area contributed by atoms with Crippen LogP contribution in [0.5, 0.6) is 5.75 Å². The van der Waals surface area contributed by atoms with Crippen molar-refractivity contribution in [2.24, 2.45) is 0 Å². The lowest BCUT2D eigenvalue weighted by Gasteiger charge is -2.34. The van der Waals surface area contributed by atoms with Crippen LogP contribution in [0.2, 0.25) is 0 Å². The van der Waals surface area contributed by atoms with Crippen molar-refractivity contribution < 1.29 is 27.2 Å². The predicted molar refractivity (Wildman–Crippen MR) is 84.8 cm³/mol. The van der Waals surface area contributed by atoms with Gasteiger partial charge in [-0.05, 0) is 24.3 Å². The van der Waals surface area contributed by atoms with Crippen LogP contribution in [0, 0.1) is 0 Å². The molecule has 2 saturated heterocycles. The van der Waals surface area contributed by atoms with Gasteiger partial charge in [-0.2, -0.15) is 11.8 Å². The third kappa shape index (κ3) is 3.83. The van der Waals surface area contributed by atoms with E-state index in [-0.39, 0.29) is 23.2 Å². The second kappa shape index (κ2) is 6.60. The summed E-state index contributed by atoms with van der Waals surface area (Å²) in [6.07, 6.45) is 0.0469. The molecule has 2 heterocycles. The molecule has 23 heavy (non-hydrogen) atoms. The first-order chi connectivity index (χ1) is 10.8. The van der Waals surface area contributed by atoms with Gasteiger partial charge in [0.1, 0.15) is 28.6 Å².